The highest BCUT2D eigenvalue weighted by Crippen LogP contribution is 2.11. The van der Waals surface area contributed by atoms with Gasteiger partial charge < -0.3 is 15.2 Å². The van der Waals surface area contributed by atoms with Gasteiger partial charge in [0.2, 0.25) is 0 Å². The van der Waals surface area contributed by atoms with E-state index in [-0.39, 0.29) is 5.92 Å². The molecular formula is C13H27NO4. The van der Waals surface area contributed by atoms with E-state index in [2.05, 4.69) is 5.32 Å². The van der Waals surface area contributed by atoms with Crippen molar-refractivity contribution < 1.29 is 19.4 Å². The second kappa shape index (κ2) is 8.78. The third-order valence-electron chi connectivity index (χ3n) is 2.15. The number of amides is 1. The van der Waals surface area contributed by atoms with Crippen molar-refractivity contribution in [1.29, 1.82) is 0 Å². The van der Waals surface area contributed by atoms with Gasteiger partial charge in [-0.1, -0.05) is 34.1 Å². The molecule has 0 aromatic heterocycles. The van der Waals surface area contributed by atoms with Gasteiger partial charge in [0, 0.05) is 0 Å². The van der Waals surface area contributed by atoms with Crippen LogP contribution >= 0.6 is 0 Å². The Labute approximate surface area is 110 Å². The summed E-state index contributed by atoms with van der Waals surface area (Å²) in [6.07, 6.45) is -0.0209. The lowest BCUT2D eigenvalue weighted by atomic mass is 10.00. The number of hydrogen-bond acceptors (Lipinski definition) is 3. The number of aliphatic carboxylic acids is 1. The van der Waals surface area contributed by atoms with Gasteiger partial charge in [0.1, 0.15) is 11.6 Å². The summed E-state index contributed by atoms with van der Waals surface area (Å²) in [6, 6.07) is -0.903. The first-order valence-electron chi connectivity index (χ1n) is 6.39. The van der Waals surface area contributed by atoms with Crippen LogP contribution in [0.15, 0.2) is 0 Å². The zero-order valence-electron chi connectivity index (χ0n) is 12.5. The molecule has 5 heteroatoms. The molecular weight excluding hydrogens is 234 g/mol. The Hall–Kier alpha value is -1.26. The molecule has 0 aliphatic carbocycles. The smallest absolute Gasteiger partial charge is 0.408 e. The number of rotatable bonds is 4. The van der Waals surface area contributed by atoms with Gasteiger partial charge in [0.15, 0.2) is 0 Å². The Balaban J connectivity index is 0. The molecule has 0 aliphatic rings. The fourth-order valence-corrected chi connectivity index (χ4v) is 1.12. The molecule has 0 aliphatic heterocycles. The SMILES string of the molecule is CC.CC[C@H](C)C(NC(=O)OC(C)(C)C)C(=O)O. The van der Waals surface area contributed by atoms with E-state index in [1.807, 2.05) is 20.8 Å². The van der Waals surface area contributed by atoms with Crippen LogP contribution in [0.25, 0.3) is 0 Å². The van der Waals surface area contributed by atoms with Crippen LogP contribution in [0, 0.1) is 5.92 Å². The Kier molecular flexibility index (Phi) is 9.31. The zero-order chi connectivity index (χ0) is 14.9. The van der Waals surface area contributed by atoms with Crippen molar-refractivity contribution in [2.24, 2.45) is 5.92 Å². The van der Waals surface area contributed by atoms with Crippen LogP contribution in [0.1, 0.15) is 54.9 Å². The molecule has 0 spiro atoms. The Morgan fingerprint density at radius 1 is 1.28 bits per heavy atom. The topological polar surface area (TPSA) is 75.6 Å². The maximum absolute atomic E-state index is 11.4. The van der Waals surface area contributed by atoms with Gasteiger partial charge in [0.25, 0.3) is 0 Å². The van der Waals surface area contributed by atoms with Crippen molar-refractivity contribution in [2.45, 2.75) is 66.5 Å². The Morgan fingerprint density at radius 2 is 1.72 bits per heavy atom. The highest BCUT2D eigenvalue weighted by atomic mass is 16.6. The summed E-state index contributed by atoms with van der Waals surface area (Å²) >= 11 is 0. The van der Waals surface area contributed by atoms with E-state index in [1.54, 1.807) is 27.7 Å². The van der Waals surface area contributed by atoms with Gasteiger partial charge in [-0.3, -0.25) is 0 Å². The first kappa shape index (κ1) is 19.1. The quantitative estimate of drug-likeness (QED) is 0.815. The monoisotopic (exact) mass is 261 g/mol. The number of carbonyl (C=O) groups is 2. The minimum absolute atomic E-state index is 0.134. The fourth-order valence-electron chi connectivity index (χ4n) is 1.12. The van der Waals surface area contributed by atoms with Crippen LogP contribution in [-0.2, 0) is 9.53 Å². The van der Waals surface area contributed by atoms with E-state index in [0.29, 0.717) is 6.42 Å². The van der Waals surface area contributed by atoms with Gasteiger partial charge in [0.05, 0.1) is 0 Å². The molecule has 1 amide bonds. The first-order valence-corrected chi connectivity index (χ1v) is 6.39. The number of carbonyl (C=O) groups excluding carboxylic acids is 1. The molecule has 0 heterocycles. The predicted molar refractivity (Wildman–Crippen MR) is 71.6 cm³/mol. The third-order valence-corrected chi connectivity index (χ3v) is 2.15. The molecule has 0 aromatic rings. The van der Waals surface area contributed by atoms with Crippen LogP contribution < -0.4 is 5.32 Å². The molecule has 1 unspecified atom stereocenters. The molecule has 18 heavy (non-hydrogen) atoms. The number of ether oxygens (including phenoxy) is 1. The van der Waals surface area contributed by atoms with Gasteiger partial charge in [-0.2, -0.15) is 0 Å². The fraction of sp³-hybridized carbons (Fsp3) is 0.846. The second-order valence-corrected chi connectivity index (χ2v) is 4.85. The summed E-state index contributed by atoms with van der Waals surface area (Å²) in [5.74, 6) is -1.18. The molecule has 0 saturated heterocycles. The normalized spacial score (nSPS) is 13.7. The van der Waals surface area contributed by atoms with Crippen molar-refractivity contribution in [2.75, 3.05) is 0 Å². The van der Waals surface area contributed by atoms with Gasteiger partial charge in [-0.05, 0) is 26.7 Å². The summed E-state index contributed by atoms with van der Waals surface area (Å²) in [6.45, 7) is 12.8. The van der Waals surface area contributed by atoms with E-state index >= 15 is 0 Å². The lowest BCUT2D eigenvalue weighted by Gasteiger charge is -2.24. The number of carboxylic acid groups (broad SMARTS) is 1. The zero-order valence-corrected chi connectivity index (χ0v) is 12.5. The molecule has 0 bridgehead atoms. The molecule has 0 rings (SSSR count). The van der Waals surface area contributed by atoms with E-state index in [9.17, 15) is 9.59 Å². The molecule has 108 valence electrons. The summed E-state index contributed by atoms with van der Waals surface area (Å²) in [5.41, 5.74) is -0.622. The van der Waals surface area contributed by atoms with Crippen LogP contribution in [0.2, 0.25) is 0 Å². The van der Waals surface area contributed by atoms with Crippen LogP contribution in [0.3, 0.4) is 0 Å². The maximum Gasteiger partial charge on any atom is 0.408 e. The minimum Gasteiger partial charge on any atom is -0.480 e. The Morgan fingerprint density at radius 3 is 2.00 bits per heavy atom. The highest BCUT2D eigenvalue weighted by Gasteiger charge is 2.27. The molecule has 0 fully saturated rings. The standard InChI is InChI=1S/C11H21NO4.C2H6/c1-6-7(2)8(9(13)14)12-10(15)16-11(3,4)5;1-2/h7-8H,6H2,1-5H3,(H,12,15)(H,13,14);1-2H3/t7-,8?;/m0./s1. The minimum atomic E-state index is -1.04. The van der Waals surface area contributed by atoms with E-state index < -0.39 is 23.7 Å². The predicted octanol–water partition coefficient (Wildman–Crippen LogP) is 3.04. The largest absolute Gasteiger partial charge is 0.480 e. The first-order chi connectivity index (χ1) is 8.17. The maximum atomic E-state index is 11.4. The summed E-state index contributed by atoms with van der Waals surface area (Å²) in [4.78, 5) is 22.3. The second-order valence-electron chi connectivity index (χ2n) is 4.85. The lowest BCUT2D eigenvalue weighted by Crippen LogP contribution is -2.46. The number of alkyl carbamates (subject to hydrolysis) is 1. The lowest BCUT2D eigenvalue weighted by molar-refractivity contribution is -0.140. The van der Waals surface area contributed by atoms with Crippen molar-refractivity contribution in [3.05, 3.63) is 0 Å². The average Bonchev–Trinajstić information content (AvgIpc) is 2.25. The van der Waals surface area contributed by atoms with Gasteiger partial charge >= 0.3 is 12.1 Å². The number of nitrogens with one attached hydrogen (secondary N) is 1. The van der Waals surface area contributed by atoms with Crippen molar-refractivity contribution in [3.63, 3.8) is 0 Å². The molecule has 5 nitrogen and oxygen atoms in total. The van der Waals surface area contributed by atoms with Crippen LogP contribution in [0.4, 0.5) is 4.79 Å². The molecule has 2 atom stereocenters. The molecule has 0 saturated carbocycles. The van der Waals surface area contributed by atoms with E-state index in [0.717, 1.165) is 0 Å². The summed E-state index contributed by atoms with van der Waals surface area (Å²) < 4.78 is 5.00. The van der Waals surface area contributed by atoms with Crippen molar-refractivity contribution in [3.8, 4) is 0 Å². The van der Waals surface area contributed by atoms with E-state index in [1.165, 1.54) is 0 Å². The van der Waals surface area contributed by atoms with Crippen molar-refractivity contribution >= 4 is 12.1 Å². The molecule has 0 aromatic carbocycles. The summed E-state index contributed by atoms with van der Waals surface area (Å²) in [7, 11) is 0. The molecule has 2 N–H and O–H groups in total. The van der Waals surface area contributed by atoms with Crippen LogP contribution in [0.5, 0.6) is 0 Å². The van der Waals surface area contributed by atoms with Crippen molar-refractivity contribution in [1.82, 2.24) is 5.32 Å². The Bertz CT molecular complexity index is 258. The van der Waals surface area contributed by atoms with Crippen LogP contribution in [-0.4, -0.2) is 28.8 Å². The molecule has 0 radical (unpaired) electrons. The third kappa shape index (κ3) is 8.84. The summed E-state index contributed by atoms with van der Waals surface area (Å²) in [5, 5.41) is 11.3. The average molecular weight is 261 g/mol. The highest BCUT2D eigenvalue weighted by molar-refractivity contribution is 5.80. The van der Waals surface area contributed by atoms with Gasteiger partial charge in [-0.15, -0.1) is 0 Å². The number of hydrogen-bond donors (Lipinski definition) is 2. The number of carboxylic acids is 1. The van der Waals surface area contributed by atoms with E-state index in [4.69, 9.17) is 9.84 Å². The van der Waals surface area contributed by atoms with Gasteiger partial charge in [-0.25, -0.2) is 9.59 Å².